The van der Waals surface area contributed by atoms with Crippen molar-refractivity contribution < 1.29 is 9.90 Å². The maximum absolute atomic E-state index is 10.1. The van der Waals surface area contributed by atoms with Crippen LogP contribution < -0.4 is 0 Å². The summed E-state index contributed by atoms with van der Waals surface area (Å²) in [5.41, 5.74) is 0. The van der Waals surface area contributed by atoms with Crippen LogP contribution in [0.5, 0.6) is 0 Å². The molecule has 0 fully saturated rings. The molecule has 0 spiro atoms. The number of hydrogen-bond donors (Lipinski definition) is 1. The van der Waals surface area contributed by atoms with Crippen molar-refractivity contribution >= 4 is 21.9 Å². The van der Waals surface area contributed by atoms with Crippen LogP contribution in [0, 0.1) is 0 Å². The fourth-order valence-corrected chi connectivity index (χ4v) is 0.854. The first-order chi connectivity index (χ1) is 5.18. The lowest BCUT2D eigenvalue weighted by Crippen LogP contribution is -2.07. The Kier molecular flexibility index (Phi) is 2.58. The third-order valence-corrected chi connectivity index (χ3v) is 1.40. The topological polar surface area (TPSA) is 68.0 Å². The Morgan fingerprint density at radius 2 is 2.55 bits per heavy atom. The molecule has 0 aromatic carbocycles. The molecule has 1 aromatic heterocycles. The zero-order chi connectivity index (χ0) is 8.27. The van der Waals surface area contributed by atoms with E-state index in [4.69, 9.17) is 5.11 Å². The standard InChI is InChI=1S/C5H6BrN3O2/c6-4-3-7-9(8-4)2-1-5(10)11/h3H,1-2H2,(H,10,11). The van der Waals surface area contributed by atoms with Gasteiger partial charge in [0.2, 0.25) is 0 Å². The minimum Gasteiger partial charge on any atom is -0.481 e. The largest absolute Gasteiger partial charge is 0.481 e. The van der Waals surface area contributed by atoms with E-state index < -0.39 is 5.97 Å². The number of carboxylic acid groups (broad SMARTS) is 1. The van der Waals surface area contributed by atoms with Crippen molar-refractivity contribution in [3.8, 4) is 0 Å². The van der Waals surface area contributed by atoms with Crippen LogP contribution in [-0.2, 0) is 11.3 Å². The molecule has 0 aliphatic carbocycles. The molecule has 1 rings (SSSR count). The van der Waals surface area contributed by atoms with Crippen LogP contribution in [0.15, 0.2) is 10.8 Å². The zero-order valence-electron chi connectivity index (χ0n) is 5.57. The van der Waals surface area contributed by atoms with Crippen molar-refractivity contribution in [3.63, 3.8) is 0 Å². The summed E-state index contributed by atoms with van der Waals surface area (Å²) in [6, 6.07) is 0. The normalized spacial score (nSPS) is 9.91. The maximum Gasteiger partial charge on any atom is 0.305 e. The van der Waals surface area contributed by atoms with Crippen LogP contribution in [-0.4, -0.2) is 26.1 Å². The summed E-state index contributed by atoms with van der Waals surface area (Å²) in [6.07, 6.45) is 1.56. The monoisotopic (exact) mass is 219 g/mol. The molecule has 11 heavy (non-hydrogen) atoms. The summed E-state index contributed by atoms with van der Waals surface area (Å²) in [6.45, 7) is 0.306. The molecule has 0 saturated heterocycles. The second-order valence-corrected chi connectivity index (χ2v) is 2.72. The second kappa shape index (κ2) is 3.47. The van der Waals surface area contributed by atoms with Gasteiger partial charge < -0.3 is 5.11 Å². The highest BCUT2D eigenvalue weighted by Crippen LogP contribution is 2.00. The molecule has 0 bridgehead atoms. The Balaban J connectivity index is 2.45. The third-order valence-electron chi connectivity index (χ3n) is 1.03. The lowest BCUT2D eigenvalue weighted by molar-refractivity contribution is -0.137. The van der Waals surface area contributed by atoms with E-state index in [1.54, 1.807) is 0 Å². The molecular weight excluding hydrogens is 214 g/mol. The number of carboxylic acids is 1. The average Bonchev–Trinajstić information content (AvgIpc) is 2.31. The first-order valence-electron chi connectivity index (χ1n) is 2.96. The second-order valence-electron chi connectivity index (χ2n) is 1.91. The number of nitrogens with zero attached hydrogens (tertiary/aromatic N) is 3. The van der Waals surface area contributed by atoms with Crippen molar-refractivity contribution in [2.75, 3.05) is 0 Å². The molecule has 6 heteroatoms. The molecule has 60 valence electrons. The Labute approximate surface area is 71.1 Å². The number of aliphatic carboxylic acids is 1. The van der Waals surface area contributed by atoms with E-state index in [0.717, 1.165) is 0 Å². The smallest absolute Gasteiger partial charge is 0.305 e. The van der Waals surface area contributed by atoms with Gasteiger partial charge in [0, 0.05) is 0 Å². The predicted octanol–water partition coefficient (Wildman–Crippen LogP) is 0.515. The maximum atomic E-state index is 10.1. The lowest BCUT2D eigenvalue weighted by atomic mass is 10.4. The molecule has 0 atom stereocenters. The summed E-state index contributed by atoms with van der Waals surface area (Å²) in [5.74, 6) is -0.849. The summed E-state index contributed by atoms with van der Waals surface area (Å²) >= 11 is 3.10. The van der Waals surface area contributed by atoms with Crippen LogP contribution in [0.2, 0.25) is 0 Å². The number of aromatic nitrogens is 3. The quantitative estimate of drug-likeness (QED) is 0.805. The van der Waals surface area contributed by atoms with Gasteiger partial charge in [0.15, 0.2) is 0 Å². The summed E-state index contributed by atoms with van der Waals surface area (Å²) in [7, 11) is 0. The van der Waals surface area contributed by atoms with E-state index in [-0.39, 0.29) is 6.42 Å². The molecule has 0 saturated carbocycles. The van der Waals surface area contributed by atoms with E-state index in [1.807, 2.05) is 0 Å². The molecule has 1 heterocycles. The van der Waals surface area contributed by atoms with E-state index in [0.29, 0.717) is 11.1 Å². The van der Waals surface area contributed by atoms with Gasteiger partial charge in [-0.3, -0.25) is 4.79 Å². The van der Waals surface area contributed by atoms with Gasteiger partial charge in [-0.25, -0.2) is 0 Å². The fraction of sp³-hybridized carbons (Fsp3) is 0.400. The minimum atomic E-state index is -0.849. The van der Waals surface area contributed by atoms with Crippen LogP contribution >= 0.6 is 15.9 Å². The van der Waals surface area contributed by atoms with E-state index in [1.165, 1.54) is 11.0 Å². The highest BCUT2D eigenvalue weighted by atomic mass is 79.9. The van der Waals surface area contributed by atoms with Gasteiger partial charge in [0.1, 0.15) is 4.60 Å². The molecular formula is C5H6BrN3O2. The van der Waals surface area contributed by atoms with Gasteiger partial charge in [-0.1, -0.05) is 0 Å². The van der Waals surface area contributed by atoms with Gasteiger partial charge >= 0.3 is 5.97 Å². The first kappa shape index (κ1) is 8.19. The summed E-state index contributed by atoms with van der Waals surface area (Å²) < 4.78 is 0.614. The van der Waals surface area contributed by atoms with Gasteiger partial charge in [-0.05, 0) is 15.9 Å². The van der Waals surface area contributed by atoms with Gasteiger partial charge in [0.25, 0.3) is 0 Å². The van der Waals surface area contributed by atoms with Crippen molar-refractivity contribution in [3.05, 3.63) is 10.8 Å². The van der Waals surface area contributed by atoms with Crippen molar-refractivity contribution in [2.45, 2.75) is 13.0 Å². The Bertz CT molecular complexity index is 260. The molecule has 0 radical (unpaired) electrons. The van der Waals surface area contributed by atoms with Crippen molar-refractivity contribution in [1.29, 1.82) is 0 Å². The van der Waals surface area contributed by atoms with Crippen molar-refractivity contribution in [2.24, 2.45) is 0 Å². The van der Waals surface area contributed by atoms with E-state index in [9.17, 15) is 4.79 Å². The van der Waals surface area contributed by atoms with Crippen LogP contribution in [0.25, 0.3) is 0 Å². The zero-order valence-corrected chi connectivity index (χ0v) is 7.15. The van der Waals surface area contributed by atoms with Crippen LogP contribution in [0.4, 0.5) is 0 Å². The number of aryl methyl sites for hydroxylation is 1. The lowest BCUT2D eigenvalue weighted by Gasteiger charge is -1.93. The number of hydrogen-bond acceptors (Lipinski definition) is 3. The molecule has 1 N–H and O–H groups in total. The fourth-order valence-electron chi connectivity index (χ4n) is 0.580. The molecule has 0 unspecified atom stereocenters. The molecule has 1 aromatic rings. The average molecular weight is 220 g/mol. The van der Waals surface area contributed by atoms with Crippen LogP contribution in [0.1, 0.15) is 6.42 Å². The van der Waals surface area contributed by atoms with Gasteiger partial charge in [0.05, 0.1) is 19.2 Å². The molecule has 0 aliphatic heterocycles. The number of halogens is 1. The first-order valence-corrected chi connectivity index (χ1v) is 3.75. The molecule has 5 nitrogen and oxygen atoms in total. The van der Waals surface area contributed by atoms with E-state index >= 15 is 0 Å². The highest BCUT2D eigenvalue weighted by Gasteiger charge is 1.99. The van der Waals surface area contributed by atoms with Crippen molar-refractivity contribution in [1.82, 2.24) is 15.0 Å². The minimum absolute atomic E-state index is 0.0428. The van der Waals surface area contributed by atoms with Gasteiger partial charge in [-0.2, -0.15) is 9.90 Å². The Morgan fingerprint density at radius 3 is 3.00 bits per heavy atom. The van der Waals surface area contributed by atoms with Crippen LogP contribution in [0.3, 0.4) is 0 Å². The van der Waals surface area contributed by atoms with E-state index in [2.05, 4.69) is 26.1 Å². The Morgan fingerprint density at radius 1 is 1.82 bits per heavy atom. The molecule has 0 amide bonds. The Hall–Kier alpha value is -0.910. The highest BCUT2D eigenvalue weighted by molar-refractivity contribution is 9.10. The SMILES string of the molecule is O=C(O)CCn1ncc(Br)n1. The number of rotatable bonds is 3. The summed E-state index contributed by atoms with van der Waals surface area (Å²) in [4.78, 5) is 11.4. The molecule has 0 aliphatic rings. The third kappa shape index (κ3) is 2.67. The number of carbonyl (C=O) groups is 1. The van der Waals surface area contributed by atoms with Gasteiger partial charge in [-0.15, -0.1) is 5.10 Å². The predicted molar refractivity (Wildman–Crippen MR) is 40.0 cm³/mol. The summed E-state index contributed by atoms with van der Waals surface area (Å²) in [5, 5.41) is 15.9.